The lowest BCUT2D eigenvalue weighted by Gasteiger charge is -2.25. The molecule has 0 aliphatic carbocycles. The fourth-order valence-electron chi connectivity index (χ4n) is 3.04. The number of nitrogens with zero attached hydrogens (tertiary/aromatic N) is 2. The van der Waals surface area contributed by atoms with Gasteiger partial charge in [-0.25, -0.2) is 12.8 Å². The van der Waals surface area contributed by atoms with Crippen LogP contribution in [-0.2, 0) is 14.8 Å². The Hall–Kier alpha value is -1.22. The number of rotatable bonds is 5. The molecular formula is C16H22ClFN2O4S. The molecule has 9 heteroatoms. The SMILES string of the molecule is Cc1cc(S(=O)(=O)N2CCCC(N(C)CC(=O)O)CC2)c(Cl)cc1F. The minimum absolute atomic E-state index is 0.00160. The Balaban J connectivity index is 2.19. The molecule has 2 rings (SSSR count). The molecule has 25 heavy (non-hydrogen) atoms. The second-order valence-electron chi connectivity index (χ2n) is 6.33. The minimum Gasteiger partial charge on any atom is -0.480 e. The third-order valence-electron chi connectivity index (χ3n) is 4.50. The molecule has 0 amide bonds. The number of sulfonamides is 1. The number of aryl methyl sites for hydroxylation is 1. The Morgan fingerprint density at radius 2 is 2.08 bits per heavy atom. The van der Waals surface area contributed by atoms with Crippen LogP contribution >= 0.6 is 11.6 Å². The summed E-state index contributed by atoms with van der Waals surface area (Å²) in [7, 11) is -2.10. The van der Waals surface area contributed by atoms with Gasteiger partial charge in [0.2, 0.25) is 10.0 Å². The van der Waals surface area contributed by atoms with Crippen molar-refractivity contribution in [1.82, 2.24) is 9.21 Å². The summed E-state index contributed by atoms with van der Waals surface area (Å²) >= 11 is 5.96. The minimum atomic E-state index is -3.83. The summed E-state index contributed by atoms with van der Waals surface area (Å²) in [4.78, 5) is 12.5. The number of hydrogen-bond acceptors (Lipinski definition) is 4. The van der Waals surface area contributed by atoms with Crippen LogP contribution in [0.4, 0.5) is 4.39 Å². The molecule has 0 bridgehead atoms. The van der Waals surface area contributed by atoms with Gasteiger partial charge in [0.05, 0.1) is 11.6 Å². The van der Waals surface area contributed by atoms with E-state index in [0.29, 0.717) is 25.8 Å². The largest absolute Gasteiger partial charge is 0.480 e. The predicted molar refractivity (Wildman–Crippen MR) is 92.8 cm³/mol. The van der Waals surface area contributed by atoms with Gasteiger partial charge in [-0.05, 0) is 50.9 Å². The van der Waals surface area contributed by atoms with E-state index in [4.69, 9.17) is 16.7 Å². The van der Waals surface area contributed by atoms with Gasteiger partial charge in [-0.3, -0.25) is 9.69 Å². The zero-order valence-corrected chi connectivity index (χ0v) is 15.8. The zero-order valence-electron chi connectivity index (χ0n) is 14.2. The van der Waals surface area contributed by atoms with Gasteiger partial charge in [0.1, 0.15) is 10.7 Å². The molecule has 0 aromatic heterocycles. The van der Waals surface area contributed by atoms with Crippen LogP contribution in [0.15, 0.2) is 17.0 Å². The Morgan fingerprint density at radius 1 is 1.40 bits per heavy atom. The molecule has 0 saturated carbocycles. The second-order valence-corrected chi connectivity index (χ2v) is 8.64. The molecule has 1 aliphatic rings. The molecule has 1 N–H and O–H groups in total. The molecule has 1 fully saturated rings. The second kappa shape index (κ2) is 7.99. The van der Waals surface area contributed by atoms with E-state index in [1.807, 2.05) is 0 Å². The van der Waals surface area contributed by atoms with Gasteiger partial charge in [0.15, 0.2) is 0 Å². The Morgan fingerprint density at radius 3 is 2.72 bits per heavy atom. The van der Waals surface area contributed by atoms with Crippen molar-refractivity contribution in [3.8, 4) is 0 Å². The standard InChI is InChI=1S/C16H22ClFN2O4S/c1-11-8-15(13(17)9-14(11)18)25(23,24)20-6-3-4-12(5-7-20)19(2)10-16(21)22/h8-9,12H,3-7,10H2,1-2H3,(H,21,22). The highest BCUT2D eigenvalue weighted by molar-refractivity contribution is 7.89. The first-order chi connectivity index (χ1) is 11.6. The third kappa shape index (κ3) is 4.69. The van der Waals surface area contributed by atoms with Gasteiger partial charge < -0.3 is 5.11 Å². The number of carboxylic acid groups (broad SMARTS) is 1. The van der Waals surface area contributed by atoms with Crippen molar-refractivity contribution in [2.24, 2.45) is 0 Å². The van der Waals surface area contributed by atoms with Crippen molar-refractivity contribution in [1.29, 1.82) is 0 Å². The molecule has 0 radical (unpaired) electrons. The molecule has 1 saturated heterocycles. The van der Waals surface area contributed by atoms with Crippen molar-refractivity contribution >= 4 is 27.6 Å². The first-order valence-corrected chi connectivity index (χ1v) is 9.82. The van der Waals surface area contributed by atoms with Crippen LogP contribution in [0.25, 0.3) is 0 Å². The number of halogens is 2. The van der Waals surface area contributed by atoms with Crippen LogP contribution in [-0.4, -0.2) is 61.4 Å². The van der Waals surface area contributed by atoms with E-state index < -0.39 is 21.8 Å². The maximum atomic E-state index is 13.6. The summed E-state index contributed by atoms with van der Waals surface area (Å²) in [6.07, 6.45) is 1.86. The average Bonchev–Trinajstić information content (AvgIpc) is 2.76. The first-order valence-electron chi connectivity index (χ1n) is 8.00. The van der Waals surface area contributed by atoms with Crippen LogP contribution in [0.1, 0.15) is 24.8 Å². The quantitative estimate of drug-likeness (QED) is 0.832. The van der Waals surface area contributed by atoms with Crippen molar-refractivity contribution in [3.63, 3.8) is 0 Å². The summed E-state index contributed by atoms with van der Waals surface area (Å²) in [5.41, 5.74) is 0.219. The highest BCUT2D eigenvalue weighted by Gasteiger charge is 2.31. The van der Waals surface area contributed by atoms with Gasteiger partial charge in [-0.1, -0.05) is 11.6 Å². The predicted octanol–water partition coefficient (Wildman–Crippen LogP) is 2.35. The first kappa shape index (κ1) is 20.1. The Bertz CT molecular complexity index is 757. The van der Waals surface area contributed by atoms with Crippen LogP contribution in [0, 0.1) is 12.7 Å². The summed E-state index contributed by atoms with van der Waals surface area (Å²) < 4.78 is 40.7. The third-order valence-corrected chi connectivity index (χ3v) is 6.86. The summed E-state index contributed by atoms with van der Waals surface area (Å²) in [6, 6.07) is 2.28. The van der Waals surface area contributed by atoms with Crippen LogP contribution in [0.2, 0.25) is 5.02 Å². The molecule has 1 unspecified atom stereocenters. The van der Waals surface area contributed by atoms with E-state index in [0.717, 1.165) is 6.07 Å². The van der Waals surface area contributed by atoms with Crippen molar-refractivity contribution in [3.05, 3.63) is 28.5 Å². The van der Waals surface area contributed by atoms with Gasteiger partial charge in [-0.2, -0.15) is 4.31 Å². The van der Waals surface area contributed by atoms with Crippen molar-refractivity contribution in [2.75, 3.05) is 26.7 Å². The normalized spacial score (nSPS) is 19.8. The van der Waals surface area contributed by atoms with E-state index in [1.54, 1.807) is 11.9 Å². The molecule has 1 aromatic rings. The van der Waals surface area contributed by atoms with Crippen molar-refractivity contribution in [2.45, 2.75) is 37.1 Å². The molecule has 0 spiro atoms. The van der Waals surface area contributed by atoms with Gasteiger partial charge >= 0.3 is 5.97 Å². The lowest BCUT2D eigenvalue weighted by molar-refractivity contribution is -0.138. The Kier molecular flexibility index (Phi) is 6.42. The van der Waals surface area contributed by atoms with Crippen LogP contribution in [0.5, 0.6) is 0 Å². The smallest absolute Gasteiger partial charge is 0.317 e. The highest BCUT2D eigenvalue weighted by Crippen LogP contribution is 2.29. The molecule has 6 nitrogen and oxygen atoms in total. The van der Waals surface area contributed by atoms with Gasteiger partial charge in [0, 0.05) is 19.1 Å². The molecular weight excluding hydrogens is 371 g/mol. The monoisotopic (exact) mass is 392 g/mol. The molecule has 1 aliphatic heterocycles. The summed E-state index contributed by atoms with van der Waals surface area (Å²) in [6.45, 7) is 2.00. The lowest BCUT2D eigenvalue weighted by Crippen LogP contribution is -2.37. The average molecular weight is 393 g/mol. The topological polar surface area (TPSA) is 77.9 Å². The van der Waals surface area contributed by atoms with Crippen LogP contribution < -0.4 is 0 Å². The van der Waals surface area contributed by atoms with E-state index in [-0.39, 0.29) is 34.6 Å². The molecule has 140 valence electrons. The van der Waals surface area contributed by atoms with Gasteiger partial charge in [0.25, 0.3) is 0 Å². The van der Waals surface area contributed by atoms with E-state index in [9.17, 15) is 17.6 Å². The van der Waals surface area contributed by atoms with E-state index in [1.165, 1.54) is 17.3 Å². The van der Waals surface area contributed by atoms with Crippen LogP contribution in [0.3, 0.4) is 0 Å². The number of carbonyl (C=O) groups is 1. The number of hydrogen-bond donors (Lipinski definition) is 1. The highest BCUT2D eigenvalue weighted by atomic mass is 35.5. The lowest BCUT2D eigenvalue weighted by atomic mass is 10.1. The summed E-state index contributed by atoms with van der Waals surface area (Å²) in [5.74, 6) is -1.46. The fraction of sp³-hybridized carbons (Fsp3) is 0.562. The Labute approximate surface area is 152 Å². The molecule has 1 heterocycles. The number of aliphatic carboxylic acids is 1. The molecule has 1 atom stereocenters. The van der Waals surface area contributed by atoms with E-state index in [2.05, 4.69) is 0 Å². The fourth-order valence-corrected chi connectivity index (χ4v) is 5.11. The maximum Gasteiger partial charge on any atom is 0.317 e. The van der Waals surface area contributed by atoms with Gasteiger partial charge in [-0.15, -0.1) is 0 Å². The molecule has 1 aromatic carbocycles. The zero-order chi connectivity index (χ0) is 18.8. The summed E-state index contributed by atoms with van der Waals surface area (Å²) in [5, 5.41) is 8.77. The maximum absolute atomic E-state index is 13.6. The van der Waals surface area contributed by atoms with E-state index >= 15 is 0 Å². The van der Waals surface area contributed by atoms with Crippen molar-refractivity contribution < 1.29 is 22.7 Å². The number of carboxylic acids is 1. The number of benzene rings is 1. The number of likely N-dealkylation sites (N-methyl/N-ethyl adjacent to an activating group) is 1.